The summed E-state index contributed by atoms with van der Waals surface area (Å²) in [7, 11) is 1.75. The molecule has 0 aliphatic rings. The molecule has 7 nitrogen and oxygen atoms in total. The molecule has 106 valence electrons. The third-order valence-corrected chi connectivity index (χ3v) is 2.56. The molecule has 1 aromatic heterocycles. The molecule has 1 rings (SSSR count). The third kappa shape index (κ3) is 4.61. The highest BCUT2D eigenvalue weighted by atomic mass is 16.4. The molecule has 0 saturated carbocycles. The Labute approximate surface area is 112 Å². The van der Waals surface area contributed by atoms with Gasteiger partial charge in [-0.2, -0.15) is 5.10 Å². The number of rotatable bonds is 4. The molecule has 0 atom stereocenters. The third-order valence-electron chi connectivity index (χ3n) is 2.56. The second-order valence-electron chi connectivity index (χ2n) is 5.30. The van der Waals surface area contributed by atoms with Gasteiger partial charge in [0, 0.05) is 25.3 Å². The largest absolute Gasteiger partial charge is 0.481 e. The number of nitrogens with zero attached hydrogens (tertiary/aromatic N) is 3. The van der Waals surface area contributed by atoms with E-state index in [2.05, 4.69) is 10.4 Å². The van der Waals surface area contributed by atoms with Crippen molar-refractivity contribution in [3.63, 3.8) is 0 Å². The summed E-state index contributed by atoms with van der Waals surface area (Å²) in [5.41, 5.74) is 0.124. The number of aromatic nitrogens is 2. The van der Waals surface area contributed by atoms with Crippen LogP contribution in [0.25, 0.3) is 0 Å². The predicted octanol–water partition coefficient (Wildman–Crippen LogP) is 1.53. The Hall–Kier alpha value is -2.05. The van der Waals surface area contributed by atoms with Crippen LogP contribution in [0, 0.1) is 0 Å². The number of hydrogen-bond acceptors (Lipinski definition) is 3. The lowest BCUT2D eigenvalue weighted by Gasteiger charge is -2.35. The first-order valence-corrected chi connectivity index (χ1v) is 5.99. The van der Waals surface area contributed by atoms with Crippen molar-refractivity contribution in [2.24, 2.45) is 7.05 Å². The highest BCUT2D eigenvalue weighted by molar-refractivity contribution is 5.89. The summed E-state index contributed by atoms with van der Waals surface area (Å²) in [6, 6.07) is -0.332. The number of carbonyl (C=O) groups excluding carboxylic acids is 1. The Morgan fingerprint density at radius 2 is 2.11 bits per heavy atom. The van der Waals surface area contributed by atoms with E-state index in [9.17, 15) is 9.59 Å². The predicted molar refractivity (Wildman–Crippen MR) is 70.9 cm³/mol. The first-order chi connectivity index (χ1) is 8.70. The van der Waals surface area contributed by atoms with Gasteiger partial charge >= 0.3 is 12.0 Å². The molecular formula is C12H20N4O3. The van der Waals surface area contributed by atoms with Crippen molar-refractivity contribution in [2.45, 2.75) is 32.7 Å². The first-order valence-electron chi connectivity index (χ1n) is 5.99. The van der Waals surface area contributed by atoms with E-state index >= 15 is 0 Å². The molecule has 2 N–H and O–H groups in total. The molecule has 0 aromatic carbocycles. The number of aryl methyl sites for hydroxylation is 1. The van der Waals surface area contributed by atoms with Gasteiger partial charge in [-0.1, -0.05) is 0 Å². The van der Waals surface area contributed by atoms with Gasteiger partial charge in [-0.25, -0.2) is 4.79 Å². The van der Waals surface area contributed by atoms with Crippen LogP contribution in [0.5, 0.6) is 0 Å². The average molecular weight is 268 g/mol. The fourth-order valence-electron chi connectivity index (χ4n) is 1.63. The number of amides is 2. The van der Waals surface area contributed by atoms with Crippen LogP contribution in [0.3, 0.4) is 0 Å². The molecule has 0 fully saturated rings. The molecule has 1 aromatic rings. The van der Waals surface area contributed by atoms with Crippen LogP contribution in [0.1, 0.15) is 27.2 Å². The van der Waals surface area contributed by atoms with Gasteiger partial charge in [-0.05, 0) is 20.8 Å². The van der Waals surface area contributed by atoms with Crippen LogP contribution in [0.2, 0.25) is 0 Å². The summed E-state index contributed by atoms with van der Waals surface area (Å²) in [6.45, 7) is 5.73. The van der Waals surface area contributed by atoms with Gasteiger partial charge in [0.15, 0.2) is 0 Å². The molecule has 0 aliphatic carbocycles. The van der Waals surface area contributed by atoms with Crippen LogP contribution >= 0.6 is 0 Å². The lowest BCUT2D eigenvalue weighted by molar-refractivity contribution is -0.137. The lowest BCUT2D eigenvalue weighted by atomic mass is 10.1. The van der Waals surface area contributed by atoms with Crippen LogP contribution in [-0.2, 0) is 11.8 Å². The summed E-state index contributed by atoms with van der Waals surface area (Å²) in [6.07, 6.45) is 3.13. The van der Waals surface area contributed by atoms with Crippen molar-refractivity contribution in [1.82, 2.24) is 14.7 Å². The van der Waals surface area contributed by atoms with Gasteiger partial charge in [0.1, 0.15) is 0 Å². The minimum absolute atomic E-state index is 0.0856. The molecule has 0 saturated heterocycles. The van der Waals surface area contributed by atoms with Crippen molar-refractivity contribution in [3.8, 4) is 0 Å². The van der Waals surface area contributed by atoms with Gasteiger partial charge in [0.05, 0.1) is 18.3 Å². The number of hydrogen-bond donors (Lipinski definition) is 2. The number of aliphatic carboxylic acids is 1. The summed E-state index contributed by atoms with van der Waals surface area (Å²) in [5.74, 6) is -0.927. The zero-order chi connectivity index (χ0) is 14.6. The molecule has 0 radical (unpaired) electrons. The smallest absolute Gasteiger partial charge is 0.322 e. The fourth-order valence-corrected chi connectivity index (χ4v) is 1.63. The molecular weight excluding hydrogens is 248 g/mol. The maximum Gasteiger partial charge on any atom is 0.322 e. The van der Waals surface area contributed by atoms with Crippen molar-refractivity contribution in [1.29, 1.82) is 0 Å². The fraction of sp³-hybridized carbons (Fsp3) is 0.583. The van der Waals surface area contributed by atoms with E-state index in [4.69, 9.17) is 5.11 Å². The number of anilines is 1. The second-order valence-corrected chi connectivity index (χ2v) is 5.30. The number of carboxylic acids is 1. The lowest BCUT2D eigenvalue weighted by Crippen LogP contribution is -2.48. The summed E-state index contributed by atoms with van der Waals surface area (Å²) >= 11 is 0. The minimum Gasteiger partial charge on any atom is -0.481 e. The Kier molecular flexibility index (Phi) is 4.52. The molecule has 2 amide bonds. The van der Waals surface area contributed by atoms with E-state index in [1.807, 2.05) is 20.8 Å². The van der Waals surface area contributed by atoms with Crippen molar-refractivity contribution < 1.29 is 14.7 Å². The Bertz CT molecular complexity index is 462. The standard InChI is InChI=1S/C12H20N4O3/c1-12(2,3)16(6-5-10(17)18)11(19)14-9-7-13-15(4)8-9/h7-8H,5-6H2,1-4H3,(H,14,19)(H,17,18). The summed E-state index contributed by atoms with van der Waals surface area (Å²) in [4.78, 5) is 24.3. The van der Waals surface area contributed by atoms with E-state index in [1.165, 1.54) is 11.1 Å². The Morgan fingerprint density at radius 1 is 1.47 bits per heavy atom. The summed E-state index contributed by atoms with van der Waals surface area (Å²) < 4.78 is 1.58. The van der Waals surface area contributed by atoms with E-state index in [0.29, 0.717) is 5.69 Å². The van der Waals surface area contributed by atoms with E-state index in [1.54, 1.807) is 17.9 Å². The second kappa shape index (κ2) is 5.73. The topological polar surface area (TPSA) is 87.5 Å². The Morgan fingerprint density at radius 3 is 2.53 bits per heavy atom. The maximum atomic E-state index is 12.2. The maximum absolute atomic E-state index is 12.2. The Balaban J connectivity index is 2.74. The monoisotopic (exact) mass is 268 g/mol. The normalized spacial score (nSPS) is 11.2. The highest BCUT2D eigenvalue weighted by Gasteiger charge is 2.27. The van der Waals surface area contributed by atoms with Gasteiger partial charge in [0.2, 0.25) is 0 Å². The summed E-state index contributed by atoms with van der Waals surface area (Å²) in [5, 5.41) is 15.4. The SMILES string of the molecule is Cn1cc(NC(=O)N(CCC(=O)O)C(C)(C)C)cn1. The van der Waals surface area contributed by atoms with Crippen molar-refractivity contribution in [2.75, 3.05) is 11.9 Å². The van der Waals surface area contributed by atoms with Gasteiger partial charge in [0.25, 0.3) is 0 Å². The molecule has 0 bridgehead atoms. The van der Waals surface area contributed by atoms with Gasteiger partial charge in [-0.3, -0.25) is 9.48 Å². The van der Waals surface area contributed by atoms with Crippen molar-refractivity contribution in [3.05, 3.63) is 12.4 Å². The van der Waals surface area contributed by atoms with E-state index in [0.717, 1.165) is 0 Å². The molecule has 7 heteroatoms. The first kappa shape index (κ1) is 15.0. The van der Waals surface area contributed by atoms with Gasteiger partial charge in [-0.15, -0.1) is 0 Å². The van der Waals surface area contributed by atoms with E-state index < -0.39 is 11.5 Å². The molecule has 1 heterocycles. The van der Waals surface area contributed by atoms with E-state index in [-0.39, 0.29) is 19.0 Å². The van der Waals surface area contributed by atoms with Crippen LogP contribution in [0.15, 0.2) is 12.4 Å². The average Bonchev–Trinajstić information content (AvgIpc) is 2.61. The number of carboxylic acid groups (broad SMARTS) is 1. The quantitative estimate of drug-likeness (QED) is 0.866. The zero-order valence-corrected chi connectivity index (χ0v) is 11.7. The van der Waals surface area contributed by atoms with Gasteiger partial charge < -0.3 is 15.3 Å². The highest BCUT2D eigenvalue weighted by Crippen LogP contribution is 2.16. The molecule has 0 aliphatic heterocycles. The van der Waals surface area contributed by atoms with Crippen LogP contribution in [0.4, 0.5) is 10.5 Å². The van der Waals surface area contributed by atoms with Crippen LogP contribution in [-0.4, -0.2) is 43.9 Å². The number of urea groups is 1. The van der Waals surface area contributed by atoms with Crippen LogP contribution < -0.4 is 5.32 Å². The molecule has 19 heavy (non-hydrogen) atoms. The van der Waals surface area contributed by atoms with Crippen molar-refractivity contribution >= 4 is 17.7 Å². The molecule has 0 unspecified atom stereocenters. The minimum atomic E-state index is -0.927. The number of carbonyl (C=O) groups is 2. The zero-order valence-electron chi connectivity index (χ0n) is 11.7. The number of nitrogens with one attached hydrogen (secondary N) is 1. The molecule has 0 spiro atoms.